The molecule has 2 bridgehead atoms. The highest BCUT2D eigenvalue weighted by Gasteiger charge is 2.85. The van der Waals surface area contributed by atoms with E-state index in [0.717, 1.165) is 13.2 Å². The minimum atomic E-state index is -2.30. The number of aliphatic hydroxyl groups is 3. The van der Waals surface area contributed by atoms with Crippen LogP contribution in [-0.2, 0) is 47.7 Å². The first-order valence-corrected chi connectivity index (χ1v) is 14.5. The van der Waals surface area contributed by atoms with Crippen molar-refractivity contribution in [2.24, 2.45) is 34.5 Å². The Morgan fingerprint density at radius 1 is 1.09 bits per heavy atom. The first-order valence-electron chi connectivity index (χ1n) is 14.5. The summed E-state index contributed by atoms with van der Waals surface area (Å²) in [6.07, 6.45) is -6.41. The summed E-state index contributed by atoms with van der Waals surface area (Å²) in [7, 11) is 1.07. The van der Waals surface area contributed by atoms with Gasteiger partial charge in [-0.25, -0.2) is 14.4 Å². The molecule has 0 radical (unpaired) electrons. The number of carbonyl (C=O) groups is 5. The van der Waals surface area contributed by atoms with E-state index >= 15 is 0 Å². The van der Waals surface area contributed by atoms with Crippen LogP contribution in [0.15, 0.2) is 11.6 Å². The topological polar surface area (TPSA) is 192 Å². The fourth-order valence-corrected chi connectivity index (χ4v) is 9.17. The molecule has 1 spiro atoms. The van der Waals surface area contributed by atoms with Crippen LogP contribution in [0, 0.1) is 34.5 Å². The summed E-state index contributed by atoms with van der Waals surface area (Å²) in [5, 5.41) is 34.1. The lowest BCUT2D eigenvalue weighted by atomic mass is 9.37. The Kier molecular flexibility index (Phi) is 7.40. The second kappa shape index (κ2) is 10.1. The molecule has 2 saturated heterocycles. The molecule has 2 aliphatic heterocycles. The predicted octanol–water partition coefficient (Wildman–Crippen LogP) is 0.00380. The van der Waals surface area contributed by atoms with Crippen LogP contribution in [0.25, 0.3) is 0 Å². The number of Topliss-reactive ketones (excluding diaryl/α,β-unsaturated/α-hetero) is 1. The van der Waals surface area contributed by atoms with Crippen LogP contribution in [0.2, 0.25) is 0 Å². The van der Waals surface area contributed by atoms with Crippen molar-refractivity contribution < 1.29 is 63.0 Å². The lowest BCUT2D eigenvalue weighted by Gasteiger charge is -2.68. The zero-order chi connectivity index (χ0) is 32.0. The molecule has 3 saturated carbocycles. The molecular weight excluding hydrogens is 568 g/mol. The largest absolute Gasteiger partial charge is 0.467 e. The van der Waals surface area contributed by atoms with Crippen LogP contribution < -0.4 is 0 Å². The Morgan fingerprint density at radius 2 is 1.74 bits per heavy atom. The average molecular weight is 609 g/mol. The number of ether oxygens (including phenoxy) is 5. The van der Waals surface area contributed by atoms with Crippen LogP contribution in [0.5, 0.6) is 0 Å². The summed E-state index contributed by atoms with van der Waals surface area (Å²) >= 11 is 0. The number of ketones is 1. The van der Waals surface area contributed by atoms with Gasteiger partial charge in [0.1, 0.15) is 23.9 Å². The molecule has 5 aliphatic rings. The van der Waals surface area contributed by atoms with E-state index in [9.17, 15) is 39.3 Å². The standard InChI is InChI=1S/C30H40O13/c1-12(27(4,5)43-14(3)31)8-18(33)42-21-23-29-11-40-30(23,26(38)39-7)24(36)20(35)22(29)28(6)10-16(32)19(34)13(2)15(28)9-17(29)41-25(21)37/h8,13,15,17,19-24,34-36H,9-11H2,1-7H3. The maximum Gasteiger partial charge on any atom is 0.348 e. The van der Waals surface area contributed by atoms with Crippen molar-refractivity contribution in [1.29, 1.82) is 0 Å². The number of carbonyl (C=O) groups excluding carboxylic acids is 5. The molecule has 3 N–H and O–H groups in total. The Labute approximate surface area is 248 Å². The highest BCUT2D eigenvalue weighted by molar-refractivity contribution is 5.90. The van der Waals surface area contributed by atoms with Gasteiger partial charge >= 0.3 is 23.9 Å². The van der Waals surface area contributed by atoms with E-state index < -0.39 is 106 Å². The first-order chi connectivity index (χ1) is 19.9. The van der Waals surface area contributed by atoms with Crippen LogP contribution in [0.3, 0.4) is 0 Å². The second-order valence-electron chi connectivity index (χ2n) is 13.6. The van der Waals surface area contributed by atoms with Crippen LogP contribution >= 0.6 is 0 Å². The lowest BCUT2D eigenvalue weighted by molar-refractivity contribution is -0.298. The number of esters is 4. The molecule has 13 nitrogen and oxygen atoms in total. The van der Waals surface area contributed by atoms with Gasteiger partial charge in [0.2, 0.25) is 11.7 Å². The number of fused-ring (bicyclic) bond motifs is 2. The molecule has 238 valence electrons. The molecule has 5 fully saturated rings. The smallest absolute Gasteiger partial charge is 0.348 e. The van der Waals surface area contributed by atoms with Gasteiger partial charge < -0.3 is 39.0 Å². The number of hydrogen-bond donors (Lipinski definition) is 3. The molecule has 12 unspecified atom stereocenters. The van der Waals surface area contributed by atoms with Gasteiger partial charge in [0.25, 0.3) is 0 Å². The van der Waals surface area contributed by atoms with Crippen LogP contribution in [0.4, 0.5) is 0 Å². The summed E-state index contributed by atoms with van der Waals surface area (Å²) in [5.41, 5.74) is -5.56. The van der Waals surface area contributed by atoms with E-state index in [1.54, 1.807) is 27.7 Å². The molecule has 0 amide bonds. The van der Waals surface area contributed by atoms with E-state index in [1.807, 2.05) is 0 Å². The Morgan fingerprint density at radius 3 is 2.35 bits per heavy atom. The summed E-state index contributed by atoms with van der Waals surface area (Å²) in [5.74, 6) is -7.31. The van der Waals surface area contributed by atoms with Gasteiger partial charge in [-0.1, -0.05) is 13.8 Å². The monoisotopic (exact) mass is 608 g/mol. The Balaban J connectivity index is 1.63. The molecule has 0 aromatic heterocycles. The predicted molar refractivity (Wildman–Crippen MR) is 142 cm³/mol. The van der Waals surface area contributed by atoms with Gasteiger partial charge in [-0.2, -0.15) is 0 Å². The molecule has 12 atom stereocenters. The summed E-state index contributed by atoms with van der Waals surface area (Å²) in [4.78, 5) is 65.0. The Bertz CT molecular complexity index is 1290. The molecule has 13 heteroatoms. The van der Waals surface area contributed by atoms with Gasteiger partial charge in [0.05, 0.1) is 25.7 Å². The summed E-state index contributed by atoms with van der Waals surface area (Å²) < 4.78 is 28.0. The molecule has 0 aromatic rings. The minimum Gasteiger partial charge on any atom is -0.467 e. The van der Waals surface area contributed by atoms with Crippen molar-refractivity contribution in [2.75, 3.05) is 13.7 Å². The van der Waals surface area contributed by atoms with Gasteiger partial charge in [-0.15, -0.1) is 0 Å². The number of hydrogen-bond acceptors (Lipinski definition) is 13. The van der Waals surface area contributed by atoms with Crippen molar-refractivity contribution in [3.05, 3.63) is 11.6 Å². The molecule has 2 heterocycles. The fraction of sp³-hybridized carbons (Fsp3) is 0.767. The van der Waals surface area contributed by atoms with E-state index in [1.165, 1.54) is 13.8 Å². The Hall–Kier alpha value is -2.87. The van der Waals surface area contributed by atoms with E-state index in [4.69, 9.17) is 23.7 Å². The molecule has 43 heavy (non-hydrogen) atoms. The third-order valence-corrected chi connectivity index (χ3v) is 11.2. The van der Waals surface area contributed by atoms with Gasteiger partial charge in [-0.3, -0.25) is 9.59 Å². The quantitative estimate of drug-likeness (QED) is 0.215. The zero-order valence-electron chi connectivity index (χ0n) is 25.3. The van der Waals surface area contributed by atoms with Crippen molar-refractivity contribution in [3.63, 3.8) is 0 Å². The molecule has 5 rings (SSSR count). The highest BCUT2D eigenvalue weighted by atomic mass is 16.6. The van der Waals surface area contributed by atoms with Crippen LogP contribution in [-0.4, -0.2) is 100 Å². The minimum absolute atomic E-state index is 0.129. The van der Waals surface area contributed by atoms with Crippen molar-refractivity contribution in [1.82, 2.24) is 0 Å². The van der Waals surface area contributed by atoms with Crippen molar-refractivity contribution >= 4 is 29.7 Å². The van der Waals surface area contributed by atoms with E-state index in [-0.39, 0.29) is 19.4 Å². The summed E-state index contributed by atoms with van der Waals surface area (Å²) in [6.45, 7) is 9.14. The third kappa shape index (κ3) is 4.14. The average Bonchev–Trinajstić information content (AvgIpc) is 3.21. The SMILES string of the molecule is COC(=O)C12OCC34C(CC5C(C)C(O)C(=O)CC5(C)C3C(O)C1O)OC(=O)C(OC(=O)C=C(C)C(C)(C)OC(C)=O)C24. The van der Waals surface area contributed by atoms with Crippen LogP contribution in [0.1, 0.15) is 54.4 Å². The highest BCUT2D eigenvalue weighted by Crippen LogP contribution is 2.73. The van der Waals surface area contributed by atoms with Gasteiger partial charge in [0, 0.05) is 30.8 Å². The van der Waals surface area contributed by atoms with Crippen molar-refractivity contribution in [3.8, 4) is 0 Å². The third-order valence-electron chi connectivity index (χ3n) is 11.2. The van der Waals surface area contributed by atoms with E-state index in [2.05, 4.69) is 0 Å². The van der Waals surface area contributed by atoms with Gasteiger partial charge in [0.15, 0.2) is 5.78 Å². The summed E-state index contributed by atoms with van der Waals surface area (Å²) in [6, 6.07) is 0. The maximum atomic E-state index is 13.7. The first kappa shape index (κ1) is 31.6. The molecular formula is C30H40O13. The normalized spacial score (nSPS) is 45.3. The number of methoxy groups -OCH3 is 1. The van der Waals surface area contributed by atoms with E-state index in [0.29, 0.717) is 5.57 Å². The maximum absolute atomic E-state index is 13.7. The number of rotatable bonds is 5. The van der Waals surface area contributed by atoms with Gasteiger partial charge in [-0.05, 0) is 50.0 Å². The fourth-order valence-electron chi connectivity index (χ4n) is 9.17. The lowest BCUT2D eigenvalue weighted by Crippen LogP contribution is -2.79. The number of aliphatic hydroxyl groups excluding tert-OH is 3. The second-order valence-corrected chi connectivity index (χ2v) is 13.6. The zero-order valence-corrected chi connectivity index (χ0v) is 25.3. The molecule has 3 aliphatic carbocycles. The molecule has 0 aromatic carbocycles. The van der Waals surface area contributed by atoms with Crippen molar-refractivity contribution in [2.45, 2.75) is 96.1 Å².